The minimum atomic E-state index is -1.05. The molecule has 0 aromatic rings. The van der Waals surface area contributed by atoms with Gasteiger partial charge >= 0.3 is 0 Å². The van der Waals surface area contributed by atoms with E-state index in [2.05, 4.69) is 44.3 Å². The van der Waals surface area contributed by atoms with Gasteiger partial charge in [0.05, 0.1) is 0 Å². The van der Waals surface area contributed by atoms with Crippen molar-refractivity contribution in [2.24, 2.45) is 4.99 Å². The van der Waals surface area contributed by atoms with Crippen LogP contribution in [0.25, 0.3) is 0 Å². The summed E-state index contributed by atoms with van der Waals surface area (Å²) in [7, 11) is -0.195. The van der Waals surface area contributed by atoms with Crippen molar-refractivity contribution in [2.75, 3.05) is 7.05 Å². The number of aliphatic imine (C=N–C) groups is 1. The second kappa shape index (κ2) is 5.05. The summed E-state index contributed by atoms with van der Waals surface area (Å²) in [6, 6.07) is 0. The normalized spacial score (nSPS) is 12.8. The number of rotatable bonds is 2. The van der Waals surface area contributed by atoms with Crippen molar-refractivity contribution in [3.8, 4) is 0 Å². The first-order chi connectivity index (χ1) is 5.64. The first kappa shape index (κ1) is 13.8. The SMILES string of the molecule is CN=C(S[Si](C)(C)C)S[Si](C)(C)C. The van der Waals surface area contributed by atoms with E-state index >= 15 is 0 Å². The average molecular weight is 252 g/mol. The summed E-state index contributed by atoms with van der Waals surface area (Å²) in [5, 5.41) is 0. The van der Waals surface area contributed by atoms with Crippen LogP contribution in [-0.2, 0) is 0 Å². The Balaban J connectivity index is 4.24. The molecule has 5 heteroatoms. The van der Waals surface area contributed by atoms with E-state index in [0.29, 0.717) is 0 Å². The van der Waals surface area contributed by atoms with Gasteiger partial charge in [-0.1, -0.05) is 39.3 Å². The maximum absolute atomic E-state index is 4.37. The molecule has 0 aromatic heterocycles. The van der Waals surface area contributed by atoms with Gasteiger partial charge in [0.25, 0.3) is 0 Å². The summed E-state index contributed by atoms with van der Waals surface area (Å²) in [6.45, 7) is 14.2. The fourth-order valence-corrected chi connectivity index (χ4v) is 11.7. The van der Waals surface area contributed by atoms with Gasteiger partial charge in [-0.05, 0) is 0 Å². The molecular weight excluding hydrogens is 230 g/mol. The molecule has 0 aliphatic carbocycles. The molecule has 0 saturated carbocycles. The van der Waals surface area contributed by atoms with E-state index in [1.807, 2.05) is 29.5 Å². The van der Waals surface area contributed by atoms with Gasteiger partial charge in [-0.2, -0.15) is 0 Å². The lowest BCUT2D eigenvalue weighted by molar-refractivity contribution is 1.48. The number of hydrogen-bond donors (Lipinski definition) is 0. The second-order valence-electron chi connectivity index (χ2n) is 4.92. The molecule has 0 aliphatic heterocycles. The first-order valence-corrected chi connectivity index (χ1v) is 14.6. The van der Waals surface area contributed by atoms with Crippen LogP contribution < -0.4 is 0 Å². The smallest absolute Gasteiger partial charge is 0.117 e. The first-order valence-electron chi connectivity index (χ1n) is 4.49. The fraction of sp³-hybridized carbons (Fsp3) is 0.875. The molecule has 0 heterocycles. The lowest BCUT2D eigenvalue weighted by Crippen LogP contribution is -2.21. The summed E-state index contributed by atoms with van der Waals surface area (Å²) < 4.78 is 1.30. The molecule has 0 aliphatic rings. The quantitative estimate of drug-likeness (QED) is 0.416. The van der Waals surface area contributed by atoms with Gasteiger partial charge in [-0.25, -0.2) is 0 Å². The van der Waals surface area contributed by atoms with E-state index < -0.39 is 14.4 Å². The van der Waals surface area contributed by atoms with Gasteiger partial charge in [-0.15, -0.1) is 22.4 Å². The Bertz CT molecular complexity index is 173. The Morgan fingerprint density at radius 2 is 1.15 bits per heavy atom. The zero-order valence-corrected chi connectivity index (χ0v) is 13.4. The van der Waals surface area contributed by atoms with Gasteiger partial charge < -0.3 is 0 Å². The maximum Gasteiger partial charge on any atom is 0.117 e. The van der Waals surface area contributed by atoms with E-state index in [4.69, 9.17) is 0 Å². The Hall–Kier alpha value is 0.804. The molecule has 0 spiro atoms. The zero-order chi connectivity index (χ0) is 10.7. The Labute approximate surface area is 92.5 Å². The highest BCUT2D eigenvalue weighted by Crippen LogP contribution is 2.32. The van der Waals surface area contributed by atoms with E-state index in [0.717, 1.165) is 0 Å². The van der Waals surface area contributed by atoms with Crippen LogP contribution in [-0.4, -0.2) is 25.9 Å². The standard InChI is InChI=1S/C8H21NS2Si2/c1-9-8(10-12(2,3)4)11-13(5,6)7/h1-7H3. The average Bonchev–Trinajstić information content (AvgIpc) is 1.79. The van der Waals surface area contributed by atoms with Gasteiger partial charge in [0.2, 0.25) is 0 Å². The van der Waals surface area contributed by atoms with Gasteiger partial charge in [0.15, 0.2) is 0 Å². The highest BCUT2D eigenvalue weighted by Gasteiger charge is 2.23. The highest BCUT2D eigenvalue weighted by atomic mass is 32.4. The zero-order valence-electron chi connectivity index (χ0n) is 9.76. The molecule has 0 amide bonds. The van der Waals surface area contributed by atoms with Crippen LogP contribution in [0.2, 0.25) is 39.3 Å². The second-order valence-corrected chi connectivity index (χ2v) is 23.4. The Morgan fingerprint density at radius 3 is 1.31 bits per heavy atom. The molecule has 0 rings (SSSR count). The summed E-state index contributed by atoms with van der Waals surface area (Å²) >= 11 is 4.03. The van der Waals surface area contributed by atoms with Crippen LogP contribution in [0.1, 0.15) is 0 Å². The van der Waals surface area contributed by atoms with Crippen LogP contribution >= 0.6 is 22.4 Å². The third-order valence-electron chi connectivity index (χ3n) is 0.970. The molecule has 0 aromatic carbocycles. The maximum atomic E-state index is 4.37. The summed E-state index contributed by atoms with van der Waals surface area (Å²) in [5.41, 5.74) is 0. The van der Waals surface area contributed by atoms with E-state index in [1.165, 1.54) is 4.38 Å². The van der Waals surface area contributed by atoms with Crippen LogP contribution in [0.4, 0.5) is 0 Å². The predicted octanol–water partition coefficient (Wildman–Crippen LogP) is 4.11. The number of hydrogen-bond acceptors (Lipinski definition) is 3. The summed E-state index contributed by atoms with van der Waals surface area (Å²) in [5.74, 6) is 0. The molecular formula is C8H21NS2Si2. The minimum Gasteiger partial charge on any atom is -0.276 e. The molecule has 0 unspecified atom stereocenters. The lowest BCUT2D eigenvalue weighted by Gasteiger charge is -2.21. The minimum absolute atomic E-state index is 1.05. The van der Waals surface area contributed by atoms with Crippen molar-refractivity contribution in [1.82, 2.24) is 0 Å². The monoisotopic (exact) mass is 251 g/mol. The largest absolute Gasteiger partial charge is 0.276 e. The van der Waals surface area contributed by atoms with Crippen molar-refractivity contribution in [2.45, 2.75) is 39.3 Å². The van der Waals surface area contributed by atoms with E-state index in [9.17, 15) is 0 Å². The Morgan fingerprint density at radius 1 is 0.846 bits per heavy atom. The molecule has 1 nitrogen and oxygen atoms in total. The van der Waals surface area contributed by atoms with Crippen molar-refractivity contribution >= 4 is 41.2 Å². The summed E-state index contributed by atoms with van der Waals surface area (Å²) in [6.07, 6.45) is 0. The lowest BCUT2D eigenvalue weighted by atomic mass is 11.4. The predicted molar refractivity (Wildman–Crippen MR) is 75.2 cm³/mol. The van der Waals surface area contributed by atoms with E-state index in [1.54, 1.807) is 0 Å². The van der Waals surface area contributed by atoms with Crippen LogP contribution in [0, 0.1) is 0 Å². The molecule has 0 atom stereocenters. The van der Waals surface area contributed by atoms with Crippen molar-refractivity contribution in [1.29, 1.82) is 0 Å². The van der Waals surface area contributed by atoms with Crippen molar-refractivity contribution in [3.63, 3.8) is 0 Å². The fourth-order valence-electron chi connectivity index (χ4n) is 0.636. The molecule has 78 valence electrons. The van der Waals surface area contributed by atoms with E-state index in [-0.39, 0.29) is 0 Å². The molecule has 0 bridgehead atoms. The van der Waals surface area contributed by atoms with Crippen LogP contribution in [0.15, 0.2) is 4.99 Å². The molecule has 0 radical (unpaired) electrons. The molecule has 0 N–H and O–H groups in total. The number of nitrogens with zero attached hydrogens (tertiary/aromatic N) is 1. The van der Waals surface area contributed by atoms with Gasteiger partial charge in [0.1, 0.15) is 18.8 Å². The third-order valence-corrected chi connectivity index (χ3v) is 9.13. The van der Waals surface area contributed by atoms with Crippen LogP contribution in [0.3, 0.4) is 0 Å². The Kier molecular flexibility index (Phi) is 5.36. The highest BCUT2D eigenvalue weighted by molar-refractivity contribution is 8.59. The molecule has 0 fully saturated rings. The topological polar surface area (TPSA) is 12.4 Å². The third kappa shape index (κ3) is 9.12. The van der Waals surface area contributed by atoms with Crippen LogP contribution in [0.5, 0.6) is 0 Å². The van der Waals surface area contributed by atoms with Gasteiger partial charge in [0, 0.05) is 7.05 Å². The summed E-state index contributed by atoms with van der Waals surface area (Å²) in [4.78, 5) is 4.37. The van der Waals surface area contributed by atoms with Crippen molar-refractivity contribution < 1.29 is 0 Å². The molecule has 0 saturated heterocycles. The van der Waals surface area contributed by atoms with Crippen molar-refractivity contribution in [3.05, 3.63) is 0 Å². The van der Waals surface area contributed by atoms with Gasteiger partial charge in [-0.3, -0.25) is 4.99 Å². The molecule has 13 heavy (non-hydrogen) atoms.